The van der Waals surface area contributed by atoms with Gasteiger partial charge in [-0.1, -0.05) is 11.6 Å². The van der Waals surface area contributed by atoms with Gasteiger partial charge in [0.05, 0.1) is 18.7 Å². The van der Waals surface area contributed by atoms with Gasteiger partial charge in [0.15, 0.2) is 6.10 Å². The van der Waals surface area contributed by atoms with Crippen molar-refractivity contribution in [3.63, 3.8) is 0 Å². The van der Waals surface area contributed by atoms with E-state index < -0.39 is 6.10 Å². The van der Waals surface area contributed by atoms with Crippen molar-refractivity contribution in [3.8, 4) is 5.75 Å². The average molecular weight is 337 g/mol. The van der Waals surface area contributed by atoms with E-state index in [0.29, 0.717) is 29.5 Å². The zero-order valence-electron chi connectivity index (χ0n) is 12.7. The molecule has 1 aromatic carbocycles. The van der Waals surface area contributed by atoms with Crippen molar-refractivity contribution >= 4 is 29.5 Å². The molecule has 1 aromatic rings. The summed E-state index contributed by atoms with van der Waals surface area (Å²) in [5.74, 6) is 0.331. The SMILES string of the molecule is CNC(=O)C1CN(C(=O)C2=Cc3cc(Cl)ccc3OC2)CCO1. The third-order valence-corrected chi connectivity index (χ3v) is 4.09. The van der Waals surface area contributed by atoms with Crippen molar-refractivity contribution in [1.82, 2.24) is 10.2 Å². The number of nitrogens with one attached hydrogen (secondary N) is 1. The number of halogens is 1. The lowest BCUT2D eigenvalue weighted by atomic mass is 10.1. The standard InChI is InChI=1S/C16H17ClN2O4/c1-18-15(20)14-8-19(4-5-22-14)16(21)11-6-10-7-12(17)2-3-13(10)23-9-11/h2-3,6-7,14H,4-5,8-9H2,1H3,(H,18,20). The van der Waals surface area contributed by atoms with Crippen molar-refractivity contribution in [2.75, 3.05) is 33.4 Å². The van der Waals surface area contributed by atoms with E-state index in [1.807, 2.05) is 0 Å². The summed E-state index contributed by atoms with van der Waals surface area (Å²) < 4.78 is 11.0. The number of ether oxygens (including phenoxy) is 2. The number of carbonyl (C=O) groups excluding carboxylic acids is 2. The van der Waals surface area contributed by atoms with E-state index >= 15 is 0 Å². The van der Waals surface area contributed by atoms with Crippen molar-refractivity contribution in [1.29, 1.82) is 0 Å². The van der Waals surface area contributed by atoms with Gasteiger partial charge >= 0.3 is 0 Å². The number of amides is 2. The first-order valence-corrected chi connectivity index (χ1v) is 7.71. The van der Waals surface area contributed by atoms with Gasteiger partial charge in [-0.15, -0.1) is 0 Å². The fourth-order valence-electron chi connectivity index (χ4n) is 2.63. The van der Waals surface area contributed by atoms with Gasteiger partial charge in [0.1, 0.15) is 12.4 Å². The topological polar surface area (TPSA) is 67.9 Å². The number of morpholine rings is 1. The molecule has 2 heterocycles. The highest BCUT2D eigenvalue weighted by atomic mass is 35.5. The van der Waals surface area contributed by atoms with Gasteiger partial charge in [-0.2, -0.15) is 0 Å². The fraction of sp³-hybridized carbons (Fsp3) is 0.375. The van der Waals surface area contributed by atoms with Crippen LogP contribution in [0.25, 0.3) is 6.08 Å². The number of carbonyl (C=O) groups is 2. The van der Waals surface area contributed by atoms with Gasteiger partial charge in [0.25, 0.3) is 11.8 Å². The third-order valence-electron chi connectivity index (χ3n) is 3.85. The molecule has 2 aliphatic heterocycles. The van der Waals surface area contributed by atoms with E-state index in [9.17, 15) is 9.59 Å². The molecule has 0 aliphatic carbocycles. The lowest BCUT2D eigenvalue weighted by Crippen LogP contribution is -2.51. The maximum absolute atomic E-state index is 12.7. The zero-order chi connectivity index (χ0) is 16.4. The van der Waals surface area contributed by atoms with Gasteiger partial charge in [-0.25, -0.2) is 0 Å². The molecule has 1 fully saturated rings. The molecule has 0 aromatic heterocycles. The number of fused-ring (bicyclic) bond motifs is 1. The summed E-state index contributed by atoms with van der Waals surface area (Å²) in [6.45, 7) is 1.22. The molecule has 1 unspecified atom stereocenters. The monoisotopic (exact) mass is 336 g/mol. The highest BCUT2D eigenvalue weighted by Crippen LogP contribution is 2.29. The van der Waals surface area contributed by atoms with Crippen LogP contribution in [0.2, 0.25) is 5.02 Å². The maximum atomic E-state index is 12.7. The van der Waals surface area contributed by atoms with Crippen LogP contribution < -0.4 is 10.1 Å². The van der Waals surface area contributed by atoms with Gasteiger partial charge < -0.3 is 19.7 Å². The van der Waals surface area contributed by atoms with E-state index in [0.717, 1.165) is 5.56 Å². The molecule has 6 nitrogen and oxygen atoms in total. The molecule has 0 spiro atoms. The van der Waals surface area contributed by atoms with Gasteiger partial charge in [0, 0.05) is 24.2 Å². The highest BCUT2D eigenvalue weighted by Gasteiger charge is 2.31. The molecule has 7 heteroatoms. The lowest BCUT2D eigenvalue weighted by molar-refractivity contribution is -0.144. The minimum absolute atomic E-state index is 0.146. The van der Waals surface area contributed by atoms with Crippen molar-refractivity contribution in [3.05, 3.63) is 34.4 Å². The number of hydrogen-bond donors (Lipinski definition) is 1. The van der Waals surface area contributed by atoms with Crippen LogP contribution in [-0.2, 0) is 14.3 Å². The molecule has 1 N–H and O–H groups in total. The molecule has 0 saturated carbocycles. The Morgan fingerprint density at radius 2 is 2.22 bits per heavy atom. The van der Waals surface area contributed by atoms with Gasteiger partial charge in [0.2, 0.25) is 0 Å². The number of rotatable bonds is 2. The molecule has 1 saturated heterocycles. The number of likely N-dealkylation sites (N-methyl/N-ethyl adjacent to an activating group) is 1. The van der Waals surface area contributed by atoms with Crippen LogP contribution in [-0.4, -0.2) is 56.2 Å². The van der Waals surface area contributed by atoms with Crippen molar-refractivity contribution in [2.24, 2.45) is 0 Å². The molecule has 122 valence electrons. The Balaban J connectivity index is 1.77. The first-order chi connectivity index (χ1) is 11.1. The maximum Gasteiger partial charge on any atom is 0.253 e. The average Bonchev–Trinajstić information content (AvgIpc) is 2.59. The molecule has 1 atom stereocenters. The highest BCUT2D eigenvalue weighted by molar-refractivity contribution is 6.30. The van der Waals surface area contributed by atoms with Gasteiger partial charge in [-0.05, 0) is 24.3 Å². The summed E-state index contributed by atoms with van der Waals surface area (Å²) in [7, 11) is 1.55. The van der Waals surface area contributed by atoms with E-state index in [2.05, 4.69) is 5.32 Å². The van der Waals surface area contributed by atoms with Crippen LogP contribution in [0.15, 0.2) is 23.8 Å². The van der Waals surface area contributed by atoms with Crippen LogP contribution >= 0.6 is 11.6 Å². The predicted molar refractivity (Wildman–Crippen MR) is 85.3 cm³/mol. The van der Waals surface area contributed by atoms with Crippen LogP contribution in [0.4, 0.5) is 0 Å². The third kappa shape index (κ3) is 3.33. The summed E-state index contributed by atoms with van der Waals surface area (Å²) in [6.07, 6.45) is 1.15. The fourth-order valence-corrected chi connectivity index (χ4v) is 2.81. The molecule has 3 rings (SSSR count). The van der Waals surface area contributed by atoms with Crippen molar-refractivity contribution < 1.29 is 19.1 Å². The first-order valence-electron chi connectivity index (χ1n) is 7.34. The second kappa shape index (κ2) is 6.60. The Hall–Kier alpha value is -2.05. The largest absolute Gasteiger partial charge is 0.488 e. The number of hydrogen-bond acceptors (Lipinski definition) is 4. The van der Waals surface area contributed by atoms with E-state index in [1.54, 1.807) is 36.2 Å². The molecule has 23 heavy (non-hydrogen) atoms. The van der Waals surface area contributed by atoms with Crippen LogP contribution in [0.3, 0.4) is 0 Å². The summed E-state index contributed by atoms with van der Waals surface area (Å²) in [6, 6.07) is 5.29. The second-order valence-corrected chi connectivity index (χ2v) is 5.80. The first kappa shape index (κ1) is 15.8. The molecular weight excluding hydrogens is 320 g/mol. The van der Waals surface area contributed by atoms with Crippen molar-refractivity contribution in [2.45, 2.75) is 6.10 Å². The van der Waals surface area contributed by atoms with Crippen LogP contribution in [0, 0.1) is 0 Å². The Morgan fingerprint density at radius 3 is 3.00 bits per heavy atom. The quantitative estimate of drug-likeness (QED) is 0.878. The molecule has 2 amide bonds. The van der Waals surface area contributed by atoms with E-state index in [4.69, 9.17) is 21.1 Å². The normalized spacial score (nSPS) is 20.2. The van der Waals surface area contributed by atoms with E-state index in [-0.39, 0.29) is 25.0 Å². The summed E-state index contributed by atoms with van der Waals surface area (Å²) in [5, 5.41) is 3.12. The molecule has 2 aliphatic rings. The minimum Gasteiger partial charge on any atom is -0.488 e. The summed E-state index contributed by atoms with van der Waals surface area (Å²) >= 11 is 5.98. The Labute approximate surface area is 139 Å². The van der Waals surface area contributed by atoms with Crippen LogP contribution in [0.1, 0.15) is 5.56 Å². The Kier molecular flexibility index (Phi) is 4.54. The molecular formula is C16H17ClN2O4. The summed E-state index contributed by atoms with van der Waals surface area (Å²) in [5.41, 5.74) is 1.32. The molecule has 0 radical (unpaired) electrons. The summed E-state index contributed by atoms with van der Waals surface area (Å²) in [4.78, 5) is 26.0. The lowest BCUT2D eigenvalue weighted by Gasteiger charge is -2.33. The predicted octanol–water partition coefficient (Wildman–Crippen LogP) is 1.09. The molecule has 0 bridgehead atoms. The second-order valence-electron chi connectivity index (χ2n) is 5.37. The number of nitrogens with zero attached hydrogens (tertiary/aromatic N) is 1. The number of benzene rings is 1. The smallest absolute Gasteiger partial charge is 0.253 e. The Morgan fingerprint density at radius 1 is 1.39 bits per heavy atom. The van der Waals surface area contributed by atoms with E-state index in [1.165, 1.54) is 0 Å². The Bertz CT molecular complexity index is 674. The van der Waals surface area contributed by atoms with Crippen LogP contribution in [0.5, 0.6) is 5.75 Å². The zero-order valence-corrected chi connectivity index (χ0v) is 13.4. The minimum atomic E-state index is -0.635. The van der Waals surface area contributed by atoms with Gasteiger partial charge in [-0.3, -0.25) is 9.59 Å².